The zero-order valence-corrected chi connectivity index (χ0v) is 11.9. The first-order valence-electron chi connectivity index (χ1n) is 6.27. The van der Waals surface area contributed by atoms with E-state index >= 15 is 0 Å². The highest BCUT2D eigenvalue weighted by atomic mass is 16.3. The topological polar surface area (TPSA) is 60.7 Å². The third kappa shape index (κ3) is 4.05. The maximum atomic E-state index is 9.96. The average molecular weight is 261 g/mol. The molecule has 0 heterocycles. The lowest BCUT2D eigenvalue weighted by Crippen LogP contribution is -1.92. The summed E-state index contributed by atoms with van der Waals surface area (Å²) in [5.74, 6) is -0.566. The molecule has 0 aliphatic heterocycles. The van der Waals surface area contributed by atoms with Gasteiger partial charge >= 0.3 is 0 Å². The van der Waals surface area contributed by atoms with Crippen molar-refractivity contribution in [2.24, 2.45) is 0 Å². The lowest BCUT2D eigenvalue weighted by molar-refractivity contribution is 0.387. The molecule has 0 aliphatic rings. The molecule has 0 aliphatic carbocycles. The van der Waals surface area contributed by atoms with Crippen molar-refractivity contribution in [2.45, 2.75) is 40.5 Å². The van der Waals surface area contributed by atoms with Crippen molar-refractivity contribution in [3.63, 3.8) is 0 Å². The van der Waals surface area contributed by atoms with Crippen molar-refractivity contribution < 1.29 is 15.3 Å². The number of rotatable bonds is 4. The normalized spacial score (nSPS) is 10.1. The molecule has 0 spiro atoms. The third-order valence-electron chi connectivity index (χ3n) is 2.78. The van der Waals surface area contributed by atoms with Crippen molar-refractivity contribution in [3.8, 4) is 17.2 Å². The standard InChI is InChI=1S/C16H21O3/c1-10(2)5-7-12-9-14(17)13(8-6-11(3)4)16(19)15(12)18/h5-6,17-19H,7-8H2,1-4H3. The van der Waals surface area contributed by atoms with Crippen molar-refractivity contribution in [1.29, 1.82) is 0 Å². The van der Waals surface area contributed by atoms with E-state index in [1.165, 1.54) is 0 Å². The Bertz CT molecular complexity index is 517. The predicted octanol–water partition coefficient (Wildman–Crippen LogP) is 3.62. The van der Waals surface area contributed by atoms with Gasteiger partial charge in [-0.15, -0.1) is 0 Å². The third-order valence-corrected chi connectivity index (χ3v) is 2.78. The van der Waals surface area contributed by atoms with Crippen LogP contribution in [0.2, 0.25) is 0 Å². The lowest BCUT2D eigenvalue weighted by atomic mass is 10.0. The molecule has 3 nitrogen and oxygen atoms in total. The van der Waals surface area contributed by atoms with E-state index in [2.05, 4.69) is 6.07 Å². The molecule has 0 aromatic heterocycles. The highest BCUT2D eigenvalue weighted by Gasteiger charge is 2.15. The second-order valence-electron chi connectivity index (χ2n) is 5.10. The van der Waals surface area contributed by atoms with Crippen molar-refractivity contribution in [1.82, 2.24) is 0 Å². The van der Waals surface area contributed by atoms with Crippen molar-refractivity contribution in [3.05, 3.63) is 40.5 Å². The van der Waals surface area contributed by atoms with Crippen LogP contribution in [0.1, 0.15) is 38.8 Å². The van der Waals surface area contributed by atoms with Crippen LogP contribution in [0.3, 0.4) is 0 Å². The van der Waals surface area contributed by atoms with E-state index in [-0.39, 0.29) is 17.2 Å². The molecule has 0 saturated carbocycles. The highest BCUT2D eigenvalue weighted by molar-refractivity contribution is 5.56. The molecule has 19 heavy (non-hydrogen) atoms. The number of aromatic hydroxyl groups is 3. The van der Waals surface area contributed by atoms with Crippen LogP contribution in [0, 0.1) is 6.07 Å². The van der Waals surface area contributed by atoms with Gasteiger partial charge in [-0.25, -0.2) is 0 Å². The number of allylic oxidation sites excluding steroid dienone is 4. The van der Waals surface area contributed by atoms with Gasteiger partial charge in [0.15, 0.2) is 11.5 Å². The Labute approximate surface area is 114 Å². The van der Waals surface area contributed by atoms with Gasteiger partial charge in [0.1, 0.15) is 5.75 Å². The maximum absolute atomic E-state index is 9.96. The summed E-state index contributed by atoms with van der Waals surface area (Å²) >= 11 is 0. The molecule has 0 fully saturated rings. The average Bonchev–Trinajstić information content (AvgIpc) is 2.31. The molecule has 0 unspecified atom stereocenters. The molecule has 103 valence electrons. The molecule has 0 amide bonds. The van der Waals surface area contributed by atoms with Crippen LogP contribution in [-0.4, -0.2) is 15.3 Å². The fourth-order valence-corrected chi connectivity index (χ4v) is 1.63. The number of hydrogen-bond acceptors (Lipinski definition) is 3. The van der Waals surface area contributed by atoms with Crippen molar-refractivity contribution in [2.75, 3.05) is 0 Å². The smallest absolute Gasteiger partial charge is 0.165 e. The Balaban J connectivity index is 3.15. The van der Waals surface area contributed by atoms with Gasteiger partial charge in [0.05, 0.1) is 0 Å². The van der Waals surface area contributed by atoms with Gasteiger partial charge in [-0.05, 0) is 40.5 Å². The van der Waals surface area contributed by atoms with Crippen LogP contribution < -0.4 is 0 Å². The second kappa shape index (κ2) is 6.32. The Kier molecular flexibility index (Phi) is 5.04. The SMILES string of the molecule is CC(C)=CCc1[c]c(O)c(CC=C(C)C)c(O)c1O. The number of hydrogen-bond donors (Lipinski definition) is 3. The molecule has 1 rings (SSSR count). The van der Waals surface area contributed by atoms with Gasteiger partial charge in [0.25, 0.3) is 0 Å². The summed E-state index contributed by atoms with van der Waals surface area (Å²) in [7, 11) is 0. The van der Waals surface area contributed by atoms with Crippen LogP contribution in [-0.2, 0) is 12.8 Å². The molecule has 0 bridgehead atoms. The summed E-state index contributed by atoms with van der Waals surface area (Å²) in [6, 6.07) is 2.74. The summed E-state index contributed by atoms with van der Waals surface area (Å²) in [5.41, 5.74) is 2.88. The fourth-order valence-electron chi connectivity index (χ4n) is 1.63. The summed E-state index contributed by atoms with van der Waals surface area (Å²) in [6.07, 6.45) is 4.57. The van der Waals surface area contributed by atoms with E-state index < -0.39 is 0 Å². The number of phenols is 3. The van der Waals surface area contributed by atoms with Crippen LogP contribution >= 0.6 is 0 Å². The van der Waals surface area contributed by atoms with Crippen LogP contribution in [0.15, 0.2) is 23.3 Å². The minimum Gasteiger partial charge on any atom is -0.507 e. The Hall–Kier alpha value is -1.90. The van der Waals surface area contributed by atoms with Crippen LogP contribution in [0.25, 0.3) is 0 Å². The van der Waals surface area contributed by atoms with E-state index in [4.69, 9.17) is 0 Å². The molecule has 3 N–H and O–H groups in total. The van der Waals surface area contributed by atoms with Gasteiger partial charge in [-0.1, -0.05) is 23.3 Å². The van der Waals surface area contributed by atoms with E-state index in [9.17, 15) is 15.3 Å². The Morgan fingerprint density at radius 2 is 1.42 bits per heavy atom. The van der Waals surface area contributed by atoms with E-state index in [1.54, 1.807) is 0 Å². The van der Waals surface area contributed by atoms with E-state index in [0.717, 1.165) is 11.1 Å². The van der Waals surface area contributed by atoms with E-state index in [1.807, 2.05) is 39.8 Å². The molecule has 3 heteroatoms. The van der Waals surface area contributed by atoms with Gasteiger partial charge in [0.2, 0.25) is 0 Å². The summed E-state index contributed by atoms with van der Waals surface area (Å²) in [4.78, 5) is 0. The minimum absolute atomic E-state index is 0.107. The van der Waals surface area contributed by atoms with Gasteiger partial charge in [-0.3, -0.25) is 0 Å². The van der Waals surface area contributed by atoms with Crippen molar-refractivity contribution >= 4 is 0 Å². The molecular formula is C16H21O3. The molecule has 0 saturated heterocycles. The lowest BCUT2D eigenvalue weighted by Gasteiger charge is -2.11. The number of benzene rings is 1. The summed E-state index contributed by atoms with van der Waals surface area (Å²) in [5, 5.41) is 29.8. The zero-order valence-electron chi connectivity index (χ0n) is 11.9. The fraction of sp³-hybridized carbons (Fsp3) is 0.375. The first kappa shape index (κ1) is 15.2. The summed E-state index contributed by atoms with van der Waals surface area (Å²) in [6.45, 7) is 7.75. The summed E-state index contributed by atoms with van der Waals surface area (Å²) < 4.78 is 0. The van der Waals surface area contributed by atoms with E-state index in [0.29, 0.717) is 24.0 Å². The van der Waals surface area contributed by atoms with Gasteiger partial charge in [0, 0.05) is 17.2 Å². The minimum atomic E-state index is -0.258. The molecule has 0 atom stereocenters. The molecule has 1 radical (unpaired) electrons. The number of phenolic OH excluding ortho intramolecular Hbond substituents is 3. The molecule has 1 aromatic rings. The van der Waals surface area contributed by atoms with Crippen LogP contribution in [0.5, 0.6) is 17.2 Å². The quantitative estimate of drug-likeness (QED) is 0.440. The van der Waals surface area contributed by atoms with Gasteiger partial charge < -0.3 is 15.3 Å². The second-order valence-corrected chi connectivity index (χ2v) is 5.10. The van der Waals surface area contributed by atoms with Gasteiger partial charge in [-0.2, -0.15) is 0 Å². The zero-order chi connectivity index (χ0) is 14.6. The Morgan fingerprint density at radius 1 is 0.895 bits per heavy atom. The first-order chi connectivity index (χ1) is 8.82. The Morgan fingerprint density at radius 3 is 1.95 bits per heavy atom. The maximum Gasteiger partial charge on any atom is 0.165 e. The monoisotopic (exact) mass is 261 g/mol. The molecule has 1 aromatic carbocycles. The van der Waals surface area contributed by atoms with Crippen LogP contribution in [0.4, 0.5) is 0 Å². The predicted molar refractivity (Wildman–Crippen MR) is 76.5 cm³/mol. The largest absolute Gasteiger partial charge is 0.507 e. The first-order valence-corrected chi connectivity index (χ1v) is 6.27. The molecular weight excluding hydrogens is 240 g/mol. The highest BCUT2D eigenvalue weighted by Crippen LogP contribution is 2.39.